The van der Waals surface area contributed by atoms with Crippen molar-refractivity contribution in [2.45, 2.75) is 96.2 Å². The number of likely N-dealkylation sites (N-methyl/N-ethyl adjacent to an activating group) is 1. The van der Waals surface area contributed by atoms with Gasteiger partial charge in [0, 0.05) is 31.6 Å². The molecule has 0 aromatic heterocycles. The van der Waals surface area contributed by atoms with Crippen molar-refractivity contribution < 1.29 is 59.7 Å². The number of benzene rings is 2. The third-order valence-electron chi connectivity index (χ3n) is 7.68. The van der Waals surface area contributed by atoms with Gasteiger partial charge in [0.15, 0.2) is 9.84 Å². The normalized spacial score (nSPS) is 12.5. The van der Waals surface area contributed by atoms with E-state index >= 15 is 0 Å². The van der Waals surface area contributed by atoms with E-state index in [2.05, 4.69) is 66.0 Å². The van der Waals surface area contributed by atoms with Crippen molar-refractivity contribution in [1.82, 2.24) is 15.5 Å². The highest BCUT2D eigenvalue weighted by Crippen LogP contribution is 2.17. The van der Waals surface area contributed by atoms with Gasteiger partial charge in [0.1, 0.15) is 11.6 Å². The molecule has 1 fully saturated rings. The van der Waals surface area contributed by atoms with Crippen LogP contribution in [0, 0.1) is 37.3 Å². The van der Waals surface area contributed by atoms with Crippen molar-refractivity contribution in [3.05, 3.63) is 70.8 Å². The number of carbonyl (C=O) groups excluding carboxylic acids is 1. The van der Waals surface area contributed by atoms with E-state index in [0.29, 0.717) is 37.9 Å². The highest BCUT2D eigenvalue weighted by molar-refractivity contribution is 7.92. The lowest BCUT2D eigenvalue weighted by molar-refractivity contribution is -0.192. The quantitative estimate of drug-likeness (QED) is 0.0700. The van der Waals surface area contributed by atoms with Gasteiger partial charge in [0.25, 0.3) is 0 Å². The third-order valence-corrected chi connectivity index (χ3v) is 9.94. The van der Waals surface area contributed by atoms with Crippen molar-refractivity contribution in [2.24, 2.45) is 5.73 Å². The van der Waals surface area contributed by atoms with Crippen LogP contribution in [0.25, 0.3) is 0 Å². The molecule has 0 aliphatic carbocycles. The molecule has 58 heavy (non-hydrogen) atoms. The molecule has 328 valence electrons. The molecule has 1 heterocycles. The molecule has 1 atom stereocenters. The zero-order valence-corrected chi connectivity index (χ0v) is 34.4. The number of halogens is 5. The maximum absolute atomic E-state index is 13.7. The maximum Gasteiger partial charge on any atom is 0.490 e. The molecule has 18 heteroatoms. The van der Waals surface area contributed by atoms with E-state index in [4.69, 9.17) is 24.5 Å². The first kappa shape index (κ1) is 57.6. The Kier molecular flexibility index (Phi) is 33.0. The van der Waals surface area contributed by atoms with Gasteiger partial charge in [0.2, 0.25) is 5.91 Å². The zero-order valence-electron chi connectivity index (χ0n) is 33.6. The van der Waals surface area contributed by atoms with E-state index in [-0.39, 0.29) is 24.5 Å². The Labute approximate surface area is 340 Å². The van der Waals surface area contributed by atoms with E-state index in [1.54, 1.807) is 0 Å². The fourth-order valence-corrected chi connectivity index (χ4v) is 7.05. The van der Waals surface area contributed by atoms with Crippen LogP contribution in [0.5, 0.6) is 0 Å². The minimum absolute atomic E-state index is 0.127. The van der Waals surface area contributed by atoms with E-state index in [0.717, 1.165) is 50.8 Å². The van der Waals surface area contributed by atoms with E-state index < -0.39 is 51.0 Å². The van der Waals surface area contributed by atoms with Crippen molar-refractivity contribution in [2.75, 3.05) is 39.2 Å². The number of ether oxygens (including phenoxy) is 1. The summed E-state index contributed by atoms with van der Waals surface area (Å²) in [5.41, 5.74) is 6.88. The lowest BCUT2D eigenvalue weighted by atomic mass is 10.0. The van der Waals surface area contributed by atoms with Gasteiger partial charge in [-0.3, -0.25) is 9.69 Å². The van der Waals surface area contributed by atoms with E-state index in [1.807, 2.05) is 33.0 Å². The number of nitrogens with two attached hydrogens (primary N) is 1. The Morgan fingerprint density at radius 2 is 1.43 bits per heavy atom. The zero-order chi connectivity index (χ0) is 45.3. The number of carboxylic acids is 1. The summed E-state index contributed by atoms with van der Waals surface area (Å²) in [6.45, 7) is 10.1. The van der Waals surface area contributed by atoms with Crippen LogP contribution < -0.4 is 16.4 Å². The fraction of sp³-hybridized carbons (Fsp3) is 0.525. The summed E-state index contributed by atoms with van der Waals surface area (Å²) in [5, 5.41) is 20.2. The summed E-state index contributed by atoms with van der Waals surface area (Å²) >= 11 is 0. The number of alkyl halides is 3. The number of hydrogen-bond acceptors (Lipinski definition) is 8. The van der Waals surface area contributed by atoms with Gasteiger partial charge < -0.3 is 31.3 Å². The van der Waals surface area contributed by atoms with Gasteiger partial charge in [-0.15, -0.1) is 25.7 Å². The van der Waals surface area contributed by atoms with Gasteiger partial charge >= 0.3 is 18.2 Å². The lowest BCUT2D eigenvalue weighted by Gasteiger charge is -2.20. The number of sulfone groups is 1. The van der Waals surface area contributed by atoms with Gasteiger partial charge in [0.05, 0.1) is 24.3 Å². The topological polar surface area (TPSA) is 188 Å². The molecule has 0 spiro atoms. The molecule has 0 radical (unpaired) electrons. The maximum atomic E-state index is 13.7. The summed E-state index contributed by atoms with van der Waals surface area (Å²) < 4.78 is 89.8. The molecule has 1 aliphatic rings. The Morgan fingerprint density at radius 1 is 0.914 bits per heavy atom. The molecule has 1 saturated heterocycles. The molecule has 2 amide bonds. The van der Waals surface area contributed by atoms with Gasteiger partial charge in [-0.2, -0.15) is 13.2 Å². The number of amides is 2. The highest BCUT2D eigenvalue weighted by atomic mass is 32.2. The van der Waals surface area contributed by atoms with Gasteiger partial charge in [-0.05, 0) is 74.5 Å². The predicted octanol–water partition coefficient (Wildman–Crippen LogP) is 6.17. The number of aliphatic carboxylic acids is 1. The van der Waals surface area contributed by atoms with Crippen LogP contribution in [0.2, 0.25) is 0 Å². The van der Waals surface area contributed by atoms with Crippen LogP contribution in [0.15, 0.2) is 42.5 Å². The largest absolute Gasteiger partial charge is 0.490 e. The van der Waals surface area contributed by atoms with Crippen LogP contribution in [0.4, 0.5) is 26.7 Å². The number of primary amides is 1. The molecular weight excluding hydrogens is 792 g/mol. The molecule has 1 aliphatic heterocycles. The molecule has 2 aromatic rings. The fourth-order valence-electron chi connectivity index (χ4n) is 5.06. The van der Waals surface area contributed by atoms with Crippen LogP contribution in [-0.2, 0) is 43.5 Å². The number of carbonyl (C=O) groups is 3. The van der Waals surface area contributed by atoms with Crippen molar-refractivity contribution in [3.8, 4) is 25.7 Å². The number of rotatable bonds is 17. The monoisotopic (exact) mass is 850 g/mol. The molecule has 12 nitrogen and oxygen atoms in total. The number of hydrogen-bond donors (Lipinski definition) is 5. The summed E-state index contributed by atoms with van der Waals surface area (Å²) in [5.74, 6) is -4.66. The van der Waals surface area contributed by atoms with Crippen molar-refractivity contribution in [1.29, 1.82) is 0 Å². The summed E-state index contributed by atoms with van der Waals surface area (Å²) in [4.78, 5) is 32.6. The second kappa shape index (κ2) is 33.2. The smallest absolute Gasteiger partial charge is 0.475 e. The predicted molar refractivity (Wildman–Crippen MR) is 215 cm³/mol. The summed E-state index contributed by atoms with van der Waals surface area (Å²) in [7, 11) is -1.33. The molecule has 0 saturated carbocycles. The Hall–Kier alpha value is -4.75. The van der Waals surface area contributed by atoms with E-state index in [1.165, 1.54) is 17.7 Å². The molecule has 6 N–H and O–H groups in total. The lowest BCUT2D eigenvalue weighted by Crippen LogP contribution is -2.39. The average molecular weight is 851 g/mol. The van der Waals surface area contributed by atoms with Crippen LogP contribution in [-0.4, -0.2) is 98.2 Å². The Bertz CT molecular complexity index is 1570. The van der Waals surface area contributed by atoms with Crippen molar-refractivity contribution in [3.63, 3.8) is 0 Å². The average Bonchev–Trinajstić information content (AvgIpc) is 3.64. The number of nitrogens with one attached hydrogen (secondary N) is 2. The second-order valence-electron chi connectivity index (χ2n) is 12.5. The Balaban J connectivity index is -0.00000117. The molecular formula is C40H59F5N4O8S. The number of nitrogens with zero attached hydrogens (tertiary/aromatic N) is 1. The van der Waals surface area contributed by atoms with Crippen LogP contribution >= 0.6 is 0 Å². The third kappa shape index (κ3) is 30.4. The first-order valence-corrected chi connectivity index (χ1v) is 19.9. The summed E-state index contributed by atoms with van der Waals surface area (Å²) in [6, 6.07) is 11.2. The molecule has 0 unspecified atom stereocenters. The standard InChI is InChI=1S/C29H42F2N2O3S.C4H9NO.C2HF3O2.2C2H2.CH3NO2/c1-4-8-28(9-5-2)37(35,36)15-13-29(34)33-27(19-24-17-25(30)20-26(31)18-24)12-14-32-21-23-11-7-10-22(6-3)16-23;1-5-2-3-6-4-5;3-2(4,5)1(6)7;2*1-2;2-1(3)4/h7,10-11,16-18,20,27-28,32H,4-6,8-9,12-15,19,21H2,1-3H3,(H,33,34);2-4H2,1H3;(H,6,7);2*1-2H;2H2,(H,3,4)/t27-;;;;;/m1...../s1. The molecule has 0 bridgehead atoms. The SMILES string of the molecule is C#C.C#C.CCCC(CCC)S(=O)(=O)CCC(=O)N[C@H](CCNCc1cccc(CC)c1)Cc1cc(F)cc(F)c1.CN1CCOC1.NC(=O)O.O=C(O)C(F)(F)F. The first-order valence-electron chi connectivity index (χ1n) is 18.2. The first-order chi connectivity index (χ1) is 27.2. The van der Waals surface area contributed by atoms with Gasteiger partial charge in [-0.1, -0.05) is 57.9 Å². The highest BCUT2D eigenvalue weighted by Gasteiger charge is 2.38. The number of aryl methyl sites for hydroxylation is 1. The molecule has 3 rings (SSSR count). The second-order valence-corrected chi connectivity index (χ2v) is 14.9. The number of carboxylic acid groups (broad SMARTS) is 2. The minimum atomic E-state index is -5.08. The Morgan fingerprint density at radius 3 is 1.84 bits per heavy atom. The van der Waals surface area contributed by atoms with Crippen LogP contribution in [0.1, 0.15) is 76.0 Å². The van der Waals surface area contributed by atoms with Crippen molar-refractivity contribution >= 4 is 27.8 Å². The summed E-state index contributed by atoms with van der Waals surface area (Å²) in [6.07, 6.45) is 13.9. The van der Waals surface area contributed by atoms with Crippen LogP contribution in [0.3, 0.4) is 0 Å². The van der Waals surface area contributed by atoms with Gasteiger partial charge in [-0.25, -0.2) is 26.8 Å². The molecule has 2 aromatic carbocycles. The van der Waals surface area contributed by atoms with E-state index in [9.17, 15) is 35.2 Å². The minimum Gasteiger partial charge on any atom is -0.475 e. The number of terminal acetylenes is 2.